The lowest BCUT2D eigenvalue weighted by Gasteiger charge is -2.38. The maximum absolute atomic E-state index is 11.2. The fraction of sp³-hybridized carbons (Fsp3) is 0.588. The first kappa shape index (κ1) is 19.9. The van der Waals surface area contributed by atoms with E-state index in [1.807, 2.05) is 39.8 Å². The lowest BCUT2D eigenvalue weighted by molar-refractivity contribution is -0.133. The third kappa shape index (κ3) is 5.68. The Bertz CT molecular complexity index is 409. The molecule has 3 nitrogen and oxygen atoms in total. The quantitative estimate of drug-likeness (QED) is 0.843. The number of hydrogen-bond acceptors (Lipinski definition) is 2. The van der Waals surface area contributed by atoms with Crippen molar-refractivity contribution in [3.8, 4) is 0 Å². The van der Waals surface area contributed by atoms with E-state index in [4.69, 9.17) is 11.6 Å². The van der Waals surface area contributed by atoms with E-state index in [1.165, 1.54) is 0 Å². The van der Waals surface area contributed by atoms with Gasteiger partial charge in [0.2, 0.25) is 5.91 Å². The van der Waals surface area contributed by atoms with Crippen molar-refractivity contribution in [2.45, 2.75) is 53.1 Å². The summed E-state index contributed by atoms with van der Waals surface area (Å²) in [7, 11) is 0. The van der Waals surface area contributed by atoms with Gasteiger partial charge in [0, 0.05) is 25.0 Å². The third-order valence-corrected chi connectivity index (χ3v) is 3.67. The second kappa shape index (κ2) is 9.80. The summed E-state index contributed by atoms with van der Waals surface area (Å²) >= 11 is 5.83. The summed E-state index contributed by atoms with van der Waals surface area (Å²) < 4.78 is 0. The van der Waals surface area contributed by atoms with Crippen LogP contribution in [0.25, 0.3) is 0 Å². The molecule has 0 aliphatic carbocycles. The van der Waals surface area contributed by atoms with E-state index in [2.05, 4.69) is 0 Å². The Kier molecular flexibility index (Phi) is 9.31. The van der Waals surface area contributed by atoms with Crippen LogP contribution in [0.1, 0.15) is 53.0 Å². The Morgan fingerprint density at radius 1 is 1.10 bits per heavy atom. The lowest BCUT2D eigenvalue weighted by atomic mass is 9.84. The highest BCUT2D eigenvalue weighted by molar-refractivity contribution is 6.30. The van der Waals surface area contributed by atoms with Gasteiger partial charge in [-0.05, 0) is 30.5 Å². The summed E-state index contributed by atoms with van der Waals surface area (Å²) in [5.41, 5.74) is 0.0568. The van der Waals surface area contributed by atoms with Crippen molar-refractivity contribution in [3.05, 3.63) is 34.9 Å². The Hall–Kier alpha value is -1.06. The number of hydrogen-bond donors (Lipinski definition) is 1. The molecule has 1 fully saturated rings. The molecule has 1 heterocycles. The molecule has 0 unspecified atom stereocenters. The van der Waals surface area contributed by atoms with Gasteiger partial charge in [-0.25, -0.2) is 0 Å². The Morgan fingerprint density at radius 2 is 1.52 bits per heavy atom. The predicted molar refractivity (Wildman–Crippen MR) is 89.5 cm³/mol. The van der Waals surface area contributed by atoms with Gasteiger partial charge in [-0.3, -0.25) is 4.79 Å². The second-order valence-corrected chi connectivity index (χ2v) is 4.98. The largest absolute Gasteiger partial charge is 0.385 e. The normalized spacial score (nSPS) is 16.0. The van der Waals surface area contributed by atoms with Crippen molar-refractivity contribution in [2.75, 3.05) is 13.1 Å². The van der Waals surface area contributed by atoms with Crippen LogP contribution in [-0.2, 0) is 10.4 Å². The van der Waals surface area contributed by atoms with E-state index in [0.29, 0.717) is 31.0 Å². The molecule has 1 amide bonds. The molecule has 4 heteroatoms. The number of rotatable bonds is 1. The fourth-order valence-electron chi connectivity index (χ4n) is 2.24. The Labute approximate surface area is 133 Å². The summed E-state index contributed by atoms with van der Waals surface area (Å²) in [6, 6.07) is 7.27. The molecule has 0 bridgehead atoms. The monoisotopic (exact) mass is 313 g/mol. The molecule has 1 N–H and O–H groups in total. The van der Waals surface area contributed by atoms with Crippen molar-refractivity contribution >= 4 is 17.5 Å². The van der Waals surface area contributed by atoms with Gasteiger partial charge < -0.3 is 10.0 Å². The molecule has 1 aliphatic heterocycles. The molecular formula is C17H28ClNO2. The van der Waals surface area contributed by atoms with Crippen LogP contribution in [0.5, 0.6) is 0 Å². The van der Waals surface area contributed by atoms with Gasteiger partial charge in [0.1, 0.15) is 0 Å². The number of aliphatic hydroxyl groups is 1. The second-order valence-electron chi connectivity index (χ2n) is 4.54. The van der Waals surface area contributed by atoms with E-state index in [-0.39, 0.29) is 5.91 Å². The zero-order valence-electron chi connectivity index (χ0n) is 13.8. The van der Waals surface area contributed by atoms with Gasteiger partial charge in [0.25, 0.3) is 0 Å². The minimum Gasteiger partial charge on any atom is -0.385 e. The van der Waals surface area contributed by atoms with Gasteiger partial charge in [0.05, 0.1) is 5.60 Å². The fourth-order valence-corrected chi connectivity index (χ4v) is 2.37. The van der Waals surface area contributed by atoms with Crippen LogP contribution in [-0.4, -0.2) is 29.0 Å². The highest BCUT2D eigenvalue weighted by Crippen LogP contribution is 2.33. The molecular weight excluding hydrogens is 286 g/mol. The molecule has 0 saturated carbocycles. The highest BCUT2D eigenvalue weighted by Gasteiger charge is 2.34. The summed E-state index contributed by atoms with van der Waals surface area (Å²) in [6.45, 7) is 10.8. The average molecular weight is 314 g/mol. The average Bonchev–Trinajstić information content (AvgIpc) is 2.52. The van der Waals surface area contributed by atoms with Gasteiger partial charge >= 0.3 is 0 Å². The number of piperidine rings is 1. The Balaban J connectivity index is 0.000000921. The number of amides is 1. The standard InChI is InChI=1S/C13H16ClNO2.2C2H6/c1-10(16)15-8-6-13(17,7-9-15)11-2-4-12(14)5-3-11;2*1-2/h2-5,17H,6-9H2,1H3;2*1-2H3. The molecule has 0 spiro atoms. The first-order chi connectivity index (χ1) is 10.0. The van der Waals surface area contributed by atoms with E-state index in [1.54, 1.807) is 24.0 Å². The predicted octanol–water partition coefficient (Wildman–Crippen LogP) is 4.22. The number of benzene rings is 1. The highest BCUT2D eigenvalue weighted by atomic mass is 35.5. The SMILES string of the molecule is CC.CC.CC(=O)N1CCC(O)(c2ccc(Cl)cc2)CC1. The van der Waals surface area contributed by atoms with Crippen LogP contribution in [0.4, 0.5) is 0 Å². The Morgan fingerprint density at radius 3 is 1.90 bits per heavy atom. The first-order valence-corrected chi connectivity index (χ1v) is 8.13. The van der Waals surface area contributed by atoms with Crippen LogP contribution in [0, 0.1) is 0 Å². The molecule has 120 valence electrons. The van der Waals surface area contributed by atoms with Crippen LogP contribution in [0.2, 0.25) is 5.02 Å². The molecule has 21 heavy (non-hydrogen) atoms. The van der Waals surface area contributed by atoms with Crippen molar-refractivity contribution in [1.29, 1.82) is 0 Å². The number of nitrogens with zero attached hydrogens (tertiary/aromatic N) is 1. The molecule has 1 saturated heterocycles. The van der Waals surface area contributed by atoms with E-state index < -0.39 is 5.60 Å². The van der Waals surface area contributed by atoms with Crippen LogP contribution < -0.4 is 0 Å². The van der Waals surface area contributed by atoms with E-state index in [9.17, 15) is 9.90 Å². The minimum absolute atomic E-state index is 0.0724. The van der Waals surface area contributed by atoms with E-state index >= 15 is 0 Å². The van der Waals surface area contributed by atoms with Crippen molar-refractivity contribution in [2.24, 2.45) is 0 Å². The lowest BCUT2D eigenvalue weighted by Crippen LogP contribution is -2.44. The summed E-state index contributed by atoms with van der Waals surface area (Å²) in [6.07, 6.45) is 1.16. The number of halogens is 1. The summed E-state index contributed by atoms with van der Waals surface area (Å²) in [5.74, 6) is 0.0724. The molecule has 0 aromatic heterocycles. The molecule has 1 aliphatic rings. The molecule has 0 atom stereocenters. The molecule has 1 aromatic carbocycles. The summed E-state index contributed by atoms with van der Waals surface area (Å²) in [5, 5.41) is 11.2. The van der Waals surface area contributed by atoms with Crippen LogP contribution in [0.3, 0.4) is 0 Å². The maximum atomic E-state index is 11.2. The summed E-state index contributed by atoms with van der Waals surface area (Å²) in [4.78, 5) is 13.0. The van der Waals surface area contributed by atoms with Gasteiger partial charge in [-0.2, -0.15) is 0 Å². The van der Waals surface area contributed by atoms with Crippen molar-refractivity contribution < 1.29 is 9.90 Å². The number of likely N-dealkylation sites (tertiary alicyclic amines) is 1. The number of carbonyl (C=O) groups excluding carboxylic acids is 1. The van der Waals surface area contributed by atoms with Crippen molar-refractivity contribution in [3.63, 3.8) is 0 Å². The van der Waals surface area contributed by atoms with Gasteiger partial charge in [-0.1, -0.05) is 51.4 Å². The third-order valence-electron chi connectivity index (χ3n) is 3.42. The minimum atomic E-state index is -0.823. The van der Waals surface area contributed by atoms with E-state index in [0.717, 1.165) is 5.56 Å². The van der Waals surface area contributed by atoms with Gasteiger partial charge in [-0.15, -0.1) is 0 Å². The van der Waals surface area contributed by atoms with Gasteiger partial charge in [0.15, 0.2) is 0 Å². The maximum Gasteiger partial charge on any atom is 0.219 e. The first-order valence-electron chi connectivity index (χ1n) is 7.75. The van der Waals surface area contributed by atoms with Crippen LogP contribution in [0.15, 0.2) is 24.3 Å². The zero-order valence-corrected chi connectivity index (χ0v) is 14.6. The molecule has 2 rings (SSSR count). The molecule has 0 radical (unpaired) electrons. The zero-order chi connectivity index (χ0) is 16.5. The smallest absolute Gasteiger partial charge is 0.219 e. The number of carbonyl (C=O) groups is 1. The molecule has 1 aromatic rings. The van der Waals surface area contributed by atoms with Crippen LogP contribution >= 0.6 is 11.6 Å². The topological polar surface area (TPSA) is 40.5 Å². The van der Waals surface area contributed by atoms with Crippen molar-refractivity contribution in [1.82, 2.24) is 4.90 Å².